The number of nitrogens with one attached hydrogen (secondary N) is 1. The number of ketones is 1. The number of rotatable bonds is 3. The number of aryl methyl sites for hydroxylation is 2. The Morgan fingerprint density at radius 3 is 2.93 bits per heavy atom. The van der Waals surface area contributed by atoms with Gasteiger partial charge in [-0.3, -0.25) is 4.79 Å². The standard InChI is InChI=1S/C11H16N2OS/c1-7-11(13-8(2)15-7)10(14)6-9-4-3-5-12-9/h9,12H,3-6H2,1-2H3. The molecule has 1 unspecified atom stereocenters. The molecule has 0 bridgehead atoms. The maximum absolute atomic E-state index is 11.9. The van der Waals surface area contributed by atoms with Gasteiger partial charge in [0.1, 0.15) is 5.69 Å². The van der Waals surface area contributed by atoms with Gasteiger partial charge < -0.3 is 5.32 Å². The summed E-state index contributed by atoms with van der Waals surface area (Å²) in [6, 6.07) is 0.374. The van der Waals surface area contributed by atoms with Gasteiger partial charge in [-0.05, 0) is 33.2 Å². The topological polar surface area (TPSA) is 42.0 Å². The fraction of sp³-hybridized carbons (Fsp3) is 0.636. The summed E-state index contributed by atoms with van der Waals surface area (Å²) in [6.07, 6.45) is 2.91. The molecule has 1 saturated heterocycles. The van der Waals surface area contributed by atoms with Gasteiger partial charge >= 0.3 is 0 Å². The SMILES string of the molecule is Cc1nc(C(=O)CC2CCCN2)c(C)s1. The number of hydrogen-bond donors (Lipinski definition) is 1. The number of carbonyl (C=O) groups is 1. The van der Waals surface area contributed by atoms with Gasteiger partial charge in [-0.15, -0.1) is 11.3 Å². The molecule has 0 radical (unpaired) electrons. The third-order valence-electron chi connectivity index (χ3n) is 2.76. The second-order valence-corrected chi connectivity index (χ2v) is 5.47. The first-order chi connectivity index (χ1) is 7.16. The Bertz CT molecular complexity index is 367. The second kappa shape index (κ2) is 4.41. The lowest BCUT2D eigenvalue weighted by atomic mass is 10.1. The van der Waals surface area contributed by atoms with Gasteiger partial charge in [0.25, 0.3) is 0 Å². The third-order valence-corrected chi connectivity index (χ3v) is 3.65. The summed E-state index contributed by atoms with van der Waals surface area (Å²) < 4.78 is 0. The Hall–Kier alpha value is -0.740. The van der Waals surface area contributed by atoms with Crippen LogP contribution in [0.2, 0.25) is 0 Å². The van der Waals surface area contributed by atoms with Crippen LogP contribution < -0.4 is 5.32 Å². The summed E-state index contributed by atoms with van der Waals surface area (Å²) in [5.41, 5.74) is 0.686. The molecule has 1 aliphatic rings. The van der Waals surface area contributed by atoms with Crippen LogP contribution in [-0.4, -0.2) is 23.4 Å². The van der Waals surface area contributed by atoms with Crippen molar-refractivity contribution < 1.29 is 4.79 Å². The molecule has 0 aromatic carbocycles. The minimum absolute atomic E-state index is 0.191. The summed E-state index contributed by atoms with van der Waals surface area (Å²) in [5.74, 6) is 0.191. The Balaban J connectivity index is 2.03. The van der Waals surface area contributed by atoms with Crippen molar-refractivity contribution in [1.82, 2.24) is 10.3 Å². The lowest BCUT2D eigenvalue weighted by Crippen LogP contribution is -2.24. The molecule has 0 saturated carbocycles. The summed E-state index contributed by atoms with van der Waals surface area (Å²) in [4.78, 5) is 17.3. The lowest BCUT2D eigenvalue weighted by molar-refractivity contribution is 0.0967. The molecule has 4 heteroatoms. The number of nitrogens with zero attached hydrogens (tertiary/aromatic N) is 1. The van der Waals surface area contributed by atoms with E-state index in [1.165, 1.54) is 6.42 Å². The number of Topliss-reactive ketones (excluding diaryl/α,β-unsaturated/α-hetero) is 1. The molecule has 15 heavy (non-hydrogen) atoms. The maximum atomic E-state index is 11.9. The molecule has 1 fully saturated rings. The fourth-order valence-electron chi connectivity index (χ4n) is 2.04. The van der Waals surface area contributed by atoms with E-state index in [9.17, 15) is 4.79 Å². The lowest BCUT2D eigenvalue weighted by Gasteiger charge is -2.07. The second-order valence-electron chi connectivity index (χ2n) is 4.06. The van der Waals surface area contributed by atoms with Crippen LogP contribution in [0, 0.1) is 13.8 Å². The first kappa shape index (κ1) is 10.8. The van der Waals surface area contributed by atoms with Crippen molar-refractivity contribution in [2.45, 2.75) is 39.2 Å². The molecule has 0 spiro atoms. The van der Waals surface area contributed by atoms with E-state index in [1.807, 2.05) is 13.8 Å². The van der Waals surface area contributed by atoms with Crippen LogP contribution in [-0.2, 0) is 0 Å². The molecule has 3 nitrogen and oxygen atoms in total. The van der Waals surface area contributed by atoms with E-state index < -0.39 is 0 Å². The van der Waals surface area contributed by atoms with E-state index >= 15 is 0 Å². The Labute approximate surface area is 93.9 Å². The van der Waals surface area contributed by atoms with E-state index in [0.717, 1.165) is 22.9 Å². The van der Waals surface area contributed by atoms with Crippen LogP contribution >= 0.6 is 11.3 Å². The van der Waals surface area contributed by atoms with Gasteiger partial charge in [-0.25, -0.2) is 4.98 Å². The highest BCUT2D eigenvalue weighted by atomic mass is 32.1. The summed E-state index contributed by atoms with van der Waals surface area (Å²) in [7, 11) is 0. The molecule has 2 heterocycles. The highest BCUT2D eigenvalue weighted by Gasteiger charge is 2.21. The number of thiazole rings is 1. The van der Waals surface area contributed by atoms with Crippen LogP contribution in [0.4, 0.5) is 0 Å². The Morgan fingerprint density at radius 2 is 2.40 bits per heavy atom. The van der Waals surface area contributed by atoms with Crippen molar-refractivity contribution in [3.8, 4) is 0 Å². The number of aromatic nitrogens is 1. The van der Waals surface area contributed by atoms with Crippen molar-refractivity contribution in [2.75, 3.05) is 6.54 Å². The molecule has 1 aromatic rings. The van der Waals surface area contributed by atoms with E-state index in [0.29, 0.717) is 18.2 Å². The van der Waals surface area contributed by atoms with Gasteiger partial charge in [0.05, 0.1) is 5.01 Å². The zero-order valence-corrected chi connectivity index (χ0v) is 9.99. The van der Waals surface area contributed by atoms with Crippen LogP contribution in [0.15, 0.2) is 0 Å². The number of hydrogen-bond acceptors (Lipinski definition) is 4. The van der Waals surface area contributed by atoms with Crippen LogP contribution in [0.5, 0.6) is 0 Å². The first-order valence-corrected chi connectivity index (χ1v) is 6.19. The van der Waals surface area contributed by atoms with Crippen LogP contribution in [0.1, 0.15) is 39.6 Å². The largest absolute Gasteiger partial charge is 0.314 e. The zero-order chi connectivity index (χ0) is 10.8. The summed E-state index contributed by atoms with van der Waals surface area (Å²) in [6.45, 7) is 4.97. The average molecular weight is 224 g/mol. The van der Waals surface area contributed by atoms with Crippen molar-refractivity contribution >= 4 is 17.1 Å². The minimum Gasteiger partial charge on any atom is -0.314 e. The van der Waals surface area contributed by atoms with Gasteiger partial charge in [-0.1, -0.05) is 0 Å². The average Bonchev–Trinajstić information content (AvgIpc) is 2.75. The quantitative estimate of drug-likeness (QED) is 0.799. The molecule has 82 valence electrons. The summed E-state index contributed by atoms with van der Waals surface area (Å²) in [5, 5.41) is 4.32. The molecule has 1 aliphatic heterocycles. The molecule has 0 aliphatic carbocycles. The van der Waals surface area contributed by atoms with E-state index in [1.54, 1.807) is 11.3 Å². The van der Waals surface area contributed by atoms with Gasteiger partial charge in [-0.2, -0.15) is 0 Å². The van der Waals surface area contributed by atoms with Crippen LogP contribution in [0.3, 0.4) is 0 Å². The third kappa shape index (κ3) is 2.44. The minimum atomic E-state index is 0.191. The Morgan fingerprint density at radius 1 is 1.60 bits per heavy atom. The van der Waals surface area contributed by atoms with Crippen LogP contribution in [0.25, 0.3) is 0 Å². The molecule has 2 rings (SSSR count). The molecular weight excluding hydrogens is 208 g/mol. The van der Waals surface area contributed by atoms with Gasteiger partial charge in [0, 0.05) is 17.3 Å². The van der Waals surface area contributed by atoms with E-state index in [-0.39, 0.29) is 5.78 Å². The molecule has 1 aromatic heterocycles. The van der Waals surface area contributed by atoms with E-state index in [4.69, 9.17) is 0 Å². The highest BCUT2D eigenvalue weighted by Crippen LogP contribution is 2.19. The predicted molar refractivity (Wildman–Crippen MR) is 61.6 cm³/mol. The van der Waals surface area contributed by atoms with Crippen molar-refractivity contribution in [1.29, 1.82) is 0 Å². The Kier molecular flexibility index (Phi) is 3.17. The summed E-state index contributed by atoms with van der Waals surface area (Å²) >= 11 is 1.60. The van der Waals surface area contributed by atoms with Crippen molar-refractivity contribution in [2.24, 2.45) is 0 Å². The van der Waals surface area contributed by atoms with Crippen molar-refractivity contribution in [3.63, 3.8) is 0 Å². The van der Waals surface area contributed by atoms with E-state index in [2.05, 4.69) is 10.3 Å². The predicted octanol–water partition coefficient (Wildman–Crippen LogP) is 2.08. The smallest absolute Gasteiger partial charge is 0.183 e. The zero-order valence-electron chi connectivity index (χ0n) is 9.17. The van der Waals surface area contributed by atoms with Gasteiger partial charge in [0.2, 0.25) is 0 Å². The normalized spacial score (nSPS) is 20.8. The first-order valence-electron chi connectivity index (χ1n) is 5.37. The molecule has 0 amide bonds. The van der Waals surface area contributed by atoms with Crippen molar-refractivity contribution in [3.05, 3.63) is 15.6 Å². The molecule has 1 N–H and O–H groups in total. The monoisotopic (exact) mass is 224 g/mol. The van der Waals surface area contributed by atoms with Gasteiger partial charge in [0.15, 0.2) is 5.78 Å². The fourth-order valence-corrected chi connectivity index (χ4v) is 2.88. The number of carbonyl (C=O) groups excluding carboxylic acids is 1. The highest BCUT2D eigenvalue weighted by molar-refractivity contribution is 7.11. The molecule has 1 atom stereocenters. The molecular formula is C11H16N2OS. The maximum Gasteiger partial charge on any atom is 0.183 e.